The lowest BCUT2D eigenvalue weighted by Crippen LogP contribution is -2.27. The number of para-hydroxylation sites is 1. The molecule has 1 N–H and O–H groups in total. The van der Waals surface area contributed by atoms with Gasteiger partial charge in [0.05, 0.1) is 10.6 Å². The second-order valence-corrected chi connectivity index (χ2v) is 5.21. The predicted octanol–water partition coefficient (Wildman–Crippen LogP) is 3.14. The van der Waals surface area contributed by atoms with Gasteiger partial charge in [-0.15, -0.1) is 0 Å². The van der Waals surface area contributed by atoms with Crippen molar-refractivity contribution in [3.8, 4) is 0 Å². The summed E-state index contributed by atoms with van der Waals surface area (Å²) >= 11 is 1.16. The monoisotopic (exact) mass is 281 g/mol. The fraction of sp³-hybridized carbons (Fsp3) is 0. The quantitative estimate of drug-likeness (QED) is 0.860. The summed E-state index contributed by atoms with van der Waals surface area (Å²) in [4.78, 5) is 18.4. The molecule has 98 valence electrons. The molecule has 0 radical (unpaired) electrons. The van der Waals surface area contributed by atoms with Crippen LogP contribution in [0.15, 0.2) is 59.8 Å². The Balaban J connectivity index is 1.93. The summed E-state index contributed by atoms with van der Waals surface area (Å²) in [6.45, 7) is 0. The summed E-state index contributed by atoms with van der Waals surface area (Å²) in [5.41, 5.74) is 1.57. The van der Waals surface area contributed by atoms with Crippen molar-refractivity contribution in [3.63, 3.8) is 0 Å². The first kappa shape index (κ1) is 12.6. The van der Waals surface area contributed by atoms with E-state index < -0.39 is 0 Å². The Morgan fingerprint density at radius 2 is 1.95 bits per heavy atom. The molecule has 20 heavy (non-hydrogen) atoms. The van der Waals surface area contributed by atoms with Crippen molar-refractivity contribution < 1.29 is 4.79 Å². The maximum absolute atomic E-state index is 12.4. The van der Waals surface area contributed by atoms with Gasteiger partial charge in [0.2, 0.25) is 0 Å². The van der Waals surface area contributed by atoms with Crippen LogP contribution in [0.4, 0.5) is 5.69 Å². The van der Waals surface area contributed by atoms with Crippen molar-refractivity contribution in [2.45, 2.75) is 0 Å². The average Bonchev–Trinajstić information content (AvgIpc) is 2.75. The second-order valence-electron chi connectivity index (χ2n) is 4.18. The molecule has 1 aromatic carbocycles. The minimum absolute atomic E-state index is 0.171. The molecule has 5 heteroatoms. The SMILES string of the molecule is N=C1S/C(=C\c2cccnc2)C(=O)N1c1ccccc1. The van der Waals surface area contributed by atoms with Crippen LogP contribution < -0.4 is 4.90 Å². The molecule has 1 fully saturated rings. The fourth-order valence-corrected chi connectivity index (χ4v) is 2.77. The molecule has 0 atom stereocenters. The molecule has 1 aliphatic heterocycles. The molecular formula is C15H11N3OS. The van der Waals surface area contributed by atoms with Gasteiger partial charge >= 0.3 is 0 Å². The molecule has 2 heterocycles. The highest BCUT2D eigenvalue weighted by Crippen LogP contribution is 2.34. The number of benzene rings is 1. The van der Waals surface area contributed by atoms with E-state index in [4.69, 9.17) is 5.41 Å². The van der Waals surface area contributed by atoms with Gasteiger partial charge in [0.25, 0.3) is 5.91 Å². The van der Waals surface area contributed by atoms with E-state index in [9.17, 15) is 4.79 Å². The number of hydrogen-bond acceptors (Lipinski definition) is 4. The van der Waals surface area contributed by atoms with Crippen LogP contribution in [0.2, 0.25) is 0 Å². The molecule has 1 aromatic heterocycles. The van der Waals surface area contributed by atoms with Crippen molar-refractivity contribution in [2.75, 3.05) is 4.90 Å². The van der Waals surface area contributed by atoms with Crippen molar-refractivity contribution in [1.29, 1.82) is 5.41 Å². The zero-order chi connectivity index (χ0) is 13.9. The Morgan fingerprint density at radius 1 is 1.15 bits per heavy atom. The van der Waals surface area contributed by atoms with Crippen LogP contribution in [0.3, 0.4) is 0 Å². The number of hydrogen-bond donors (Lipinski definition) is 1. The van der Waals surface area contributed by atoms with E-state index in [1.807, 2.05) is 42.5 Å². The van der Waals surface area contributed by atoms with E-state index in [-0.39, 0.29) is 11.1 Å². The Kier molecular flexibility index (Phi) is 3.35. The van der Waals surface area contributed by atoms with E-state index >= 15 is 0 Å². The number of pyridine rings is 1. The van der Waals surface area contributed by atoms with Crippen molar-refractivity contribution in [3.05, 3.63) is 65.3 Å². The number of rotatable bonds is 2. The number of aromatic nitrogens is 1. The standard InChI is InChI=1S/C15H11N3OS/c16-15-18(12-6-2-1-3-7-12)14(19)13(20-15)9-11-5-4-8-17-10-11/h1-10,16H/b13-9-,16-15?. The smallest absolute Gasteiger partial charge is 0.271 e. The van der Waals surface area contributed by atoms with Crippen LogP contribution in [-0.4, -0.2) is 16.1 Å². The van der Waals surface area contributed by atoms with Crippen LogP contribution >= 0.6 is 11.8 Å². The van der Waals surface area contributed by atoms with Gasteiger partial charge < -0.3 is 0 Å². The van der Waals surface area contributed by atoms with Gasteiger partial charge in [0, 0.05) is 12.4 Å². The summed E-state index contributed by atoms with van der Waals surface area (Å²) in [6.07, 6.45) is 5.14. The molecule has 3 rings (SSSR count). The topological polar surface area (TPSA) is 57.1 Å². The molecule has 1 saturated heterocycles. The van der Waals surface area contributed by atoms with Gasteiger partial charge in [0.15, 0.2) is 5.17 Å². The van der Waals surface area contributed by atoms with Crippen LogP contribution in [-0.2, 0) is 4.79 Å². The molecule has 1 amide bonds. The molecule has 0 unspecified atom stereocenters. The lowest BCUT2D eigenvalue weighted by atomic mass is 10.2. The summed E-state index contributed by atoms with van der Waals surface area (Å²) in [5.74, 6) is -0.171. The van der Waals surface area contributed by atoms with Crippen LogP contribution in [0.25, 0.3) is 6.08 Å². The minimum Gasteiger partial charge on any atom is -0.278 e. The van der Waals surface area contributed by atoms with Gasteiger partial charge in [0.1, 0.15) is 0 Å². The molecule has 0 bridgehead atoms. The number of nitrogens with one attached hydrogen (secondary N) is 1. The minimum atomic E-state index is -0.171. The number of carbonyl (C=O) groups is 1. The maximum atomic E-state index is 12.4. The van der Waals surface area contributed by atoms with E-state index in [1.165, 1.54) is 4.90 Å². The second kappa shape index (κ2) is 5.30. The third-order valence-electron chi connectivity index (χ3n) is 2.82. The Labute approximate surface area is 120 Å². The molecule has 2 aromatic rings. The number of thioether (sulfide) groups is 1. The first-order valence-corrected chi connectivity index (χ1v) is 6.85. The lowest BCUT2D eigenvalue weighted by molar-refractivity contribution is -0.113. The zero-order valence-corrected chi connectivity index (χ0v) is 11.3. The summed E-state index contributed by atoms with van der Waals surface area (Å²) < 4.78 is 0. The summed E-state index contributed by atoms with van der Waals surface area (Å²) in [6, 6.07) is 12.9. The predicted molar refractivity (Wildman–Crippen MR) is 81.5 cm³/mol. The highest BCUT2D eigenvalue weighted by Gasteiger charge is 2.33. The maximum Gasteiger partial charge on any atom is 0.271 e. The van der Waals surface area contributed by atoms with Gasteiger partial charge in [-0.2, -0.15) is 0 Å². The van der Waals surface area contributed by atoms with Gasteiger partial charge in [-0.3, -0.25) is 20.1 Å². The van der Waals surface area contributed by atoms with Crippen molar-refractivity contribution in [2.24, 2.45) is 0 Å². The van der Waals surface area contributed by atoms with Gasteiger partial charge in [-0.25, -0.2) is 0 Å². The van der Waals surface area contributed by atoms with E-state index in [2.05, 4.69) is 4.98 Å². The van der Waals surface area contributed by atoms with Crippen LogP contribution in [0, 0.1) is 5.41 Å². The average molecular weight is 281 g/mol. The van der Waals surface area contributed by atoms with Crippen LogP contribution in [0.1, 0.15) is 5.56 Å². The normalized spacial score (nSPS) is 17.0. The molecule has 0 saturated carbocycles. The third-order valence-corrected chi connectivity index (χ3v) is 3.71. The van der Waals surface area contributed by atoms with Gasteiger partial charge in [-0.1, -0.05) is 24.3 Å². The molecule has 0 aliphatic carbocycles. The number of carbonyl (C=O) groups excluding carboxylic acids is 1. The van der Waals surface area contributed by atoms with Crippen LogP contribution in [0.5, 0.6) is 0 Å². The van der Waals surface area contributed by atoms with Gasteiger partial charge in [-0.05, 0) is 41.6 Å². The Morgan fingerprint density at radius 3 is 2.65 bits per heavy atom. The first-order chi connectivity index (χ1) is 9.75. The zero-order valence-electron chi connectivity index (χ0n) is 10.5. The number of amides is 1. The Bertz CT molecular complexity index is 683. The molecule has 1 aliphatic rings. The molecule has 0 spiro atoms. The summed E-state index contributed by atoms with van der Waals surface area (Å²) in [5, 5.41) is 8.20. The number of nitrogens with zero attached hydrogens (tertiary/aromatic N) is 2. The van der Waals surface area contributed by atoms with E-state index in [1.54, 1.807) is 18.5 Å². The largest absolute Gasteiger partial charge is 0.278 e. The number of amidine groups is 1. The highest BCUT2D eigenvalue weighted by atomic mass is 32.2. The van der Waals surface area contributed by atoms with Crippen molar-refractivity contribution in [1.82, 2.24) is 4.98 Å². The Hall–Kier alpha value is -2.40. The first-order valence-electron chi connectivity index (χ1n) is 6.03. The molecular weight excluding hydrogens is 270 g/mol. The van der Waals surface area contributed by atoms with E-state index in [0.717, 1.165) is 17.3 Å². The fourth-order valence-electron chi connectivity index (χ4n) is 1.91. The number of anilines is 1. The molecule has 4 nitrogen and oxygen atoms in total. The lowest BCUT2D eigenvalue weighted by Gasteiger charge is -2.13. The third kappa shape index (κ3) is 2.35. The highest BCUT2D eigenvalue weighted by molar-refractivity contribution is 8.19. The van der Waals surface area contributed by atoms with E-state index in [0.29, 0.717) is 10.6 Å². The summed E-state index contributed by atoms with van der Waals surface area (Å²) in [7, 11) is 0. The van der Waals surface area contributed by atoms with Crippen molar-refractivity contribution >= 4 is 34.6 Å².